The molecule has 22 heavy (non-hydrogen) atoms. The van der Waals surface area contributed by atoms with Gasteiger partial charge in [0.25, 0.3) is 0 Å². The van der Waals surface area contributed by atoms with E-state index < -0.39 is 35.1 Å². The summed E-state index contributed by atoms with van der Waals surface area (Å²) in [4.78, 5) is -0.295. The Labute approximate surface area is 129 Å². The summed E-state index contributed by atoms with van der Waals surface area (Å²) in [5.41, 5.74) is 0. The highest BCUT2D eigenvalue weighted by molar-refractivity contribution is 7.91. The third-order valence-corrected chi connectivity index (χ3v) is 7.91. The molecule has 1 aromatic rings. The van der Waals surface area contributed by atoms with Crippen LogP contribution in [-0.2, 0) is 29.9 Å². The minimum absolute atomic E-state index is 0.0991. The number of primary sulfonamides is 1. The van der Waals surface area contributed by atoms with Gasteiger partial charge in [0.2, 0.25) is 20.0 Å². The molecule has 0 radical (unpaired) electrons. The number of nitrogens with zero attached hydrogens (tertiary/aromatic N) is 1. The molecule has 11 heteroatoms. The van der Waals surface area contributed by atoms with Crippen LogP contribution in [0.15, 0.2) is 34.1 Å². The van der Waals surface area contributed by atoms with Crippen LogP contribution in [0.1, 0.15) is 6.42 Å². The Kier molecular flexibility index (Phi) is 4.39. The predicted octanol–water partition coefficient (Wildman–Crippen LogP) is -0.858. The molecule has 1 atom stereocenters. The van der Waals surface area contributed by atoms with Gasteiger partial charge in [0.15, 0.2) is 9.84 Å². The number of rotatable bonds is 4. The summed E-state index contributed by atoms with van der Waals surface area (Å²) < 4.78 is 71.2. The topological polar surface area (TPSA) is 132 Å². The average Bonchev–Trinajstić information content (AvgIpc) is 2.88. The summed E-state index contributed by atoms with van der Waals surface area (Å²) in [6.07, 6.45) is 1.32. The Morgan fingerprint density at radius 3 is 1.91 bits per heavy atom. The first-order valence-corrected chi connectivity index (χ1v) is 11.2. The second kappa shape index (κ2) is 5.57. The Morgan fingerprint density at radius 2 is 1.50 bits per heavy atom. The van der Waals surface area contributed by atoms with E-state index in [0.717, 1.165) is 34.8 Å². The Hall–Kier alpha value is -1.01. The van der Waals surface area contributed by atoms with Gasteiger partial charge in [0.05, 0.1) is 15.0 Å². The Morgan fingerprint density at radius 1 is 1.00 bits per heavy atom. The van der Waals surface area contributed by atoms with E-state index in [9.17, 15) is 25.3 Å². The van der Waals surface area contributed by atoms with Crippen LogP contribution in [0.3, 0.4) is 0 Å². The summed E-state index contributed by atoms with van der Waals surface area (Å²) in [6.45, 7) is 0.00904. The van der Waals surface area contributed by atoms with Crippen molar-refractivity contribution < 1.29 is 25.3 Å². The molecule has 0 aromatic heterocycles. The van der Waals surface area contributed by atoms with Crippen molar-refractivity contribution in [3.05, 3.63) is 24.3 Å². The molecule has 0 bridgehead atoms. The van der Waals surface area contributed by atoms with Gasteiger partial charge >= 0.3 is 0 Å². The molecule has 1 aliphatic rings. The number of benzene rings is 1. The van der Waals surface area contributed by atoms with Crippen LogP contribution in [0, 0.1) is 0 Å². The summed E-state index contributed by atoms with van der Waals surface area (Å²) in [7, 11) is -11.1. The quantitative estimate of drug-likeness (QED) is 0.736. The van der Waals surface area contributed by atoms with Crippen molar-refractivity contribution in [3.8, 4) is 0 Å². The number of nitrogens with two attached hydrogens (primary N) is 1. The molecule has 1 aliphatic heterocycles. The van der Waals surface area contributed by atoms with Gasteiger partial charge in [0, 0.05) is 19.3 Å². The molecule has 0 spiro atoms. The molecular formula is C11H16N2O6S3. The van der Waals surface area contributed by atoms with E-state index in [1.165, 1.54) is 0 Å². The molecular weight excluding hydrogens is 352 g/mol. The van der Waals surface area contributed by atoms with Gasteiger partial charge in [-0.1, -0.05) is 0 Å². The molecule has 1 fully saturated rings. The molecule has 124 valence electrons. The zero-order valence-electron chi connectivity index (χ0n) is 11.7. The van der Waals surface area contributed by atoms with Gasteiger partial charge in [-0.05, 0) is 30.7 Å². The largest absolute Gasteiger partial charge is 0.243 e. The fraction of sp³-hybridized carbons (Fsp3) is 0.455. The monoisotopic (exact) mass is 368 g/mol. The highest BCUT2D eigenvalue weighted by Gasteiger charge is 2.37. The summed E-state index contributed by atoms with van der Waals surface area (Å²) >= 11 is 0. The minimum atomic E-state index is -3.90. The standard InChI is InChI=1S/C11H16N2O6S3/c1-20(14,15)11-6-7-13(8-11)22(18,19)10-4-2-9(3-5-10)21(12,16)17/h2-5,11H,6-8H2,1H3,(H2,12,16,17). The molecule has 8 nitrogen and oxygen atoms in total. The molecule has 1 heterocycles. The summed E-state index contributed by atoms with van der Waals surface area (Å²) in [6, 6.07) is 4.49. The molecule has 1 saturated heterocycles. The van der Waals surface area contributed by atoms with Crippen molar-refractivity contribution >= 4 is 29.9 Å². The fourth-order valence-electron chi connectivity index (χ4n) is 2.22. The second-order valence-electron chi connectivity index (χ2n) is 5.12. The van der Waals surface area contributed by atoms with Crippen molar-refractivity contribution in [1.82, 2.24) is 4.31 Å². The van der Waals surface area contributed by atoms with Crippen LogP contribution in [0.25, 0.3) is 0 Å². The SMILES string of the molecule is CS(=O)(=O)C1CCN(S(=O)(=O)c2ccc(S(N)(=O)=O)cc2)C1. The maximum Gasteiger partial charge on any atom is 0.243 e. The van der Waals surface area contributed by atoms with Gasteiger partial charge in [-0.25, -0.2) is 30.4 Å². The normalized spacial score (nSPS) is 21.1. The second-order valence-corrected chi connectivity index (χ2v) is 10.9. The summed E-state index contributed by atoms with van der Waals surface area (Å²) in [5, 5.41) is 4.23. The third-order valence-electron chi connectivity index (χ3n) is 3.50. The lowest BCUT2D eigenvalue weighted by Crippen LogP contribution is -2.31. The highest BCUT2D eigenvalue weighted by atomic mass is 32.2. The van der Waals surface area contributed by atoms with Gasteiger partial charge < -0.3 is 0 Å². The lowest BCUT2D eigenvalue weighted by molar-refractivity contribution is 0.476. The average molecular weight is 368 g/mol. The van der Waals surface area contributed by atoms with Crippen LogP contribution in [0.4, 0.5) is 0 Å². The maximum atomic E-state index is 12.4. The highest BCUT2D eigenvalue weighted by Crippen LogP contribution is 2.24. The number of sulfone groups is 1. The number of sulfonamides is 2. The van der Waals surface area contributed by atoms with E-state index in [0.29, 0.717) is 0 Å². The molecule has 1 unspecified atom stereocenters. The molecule has 2 rings (SSSR count). The van der Waals surface area contributed by atoms with Gasteiger partial charge in [-0.2, -0.15) is 4.31 Å². The van der Waals surface area contributed by atoms with E-state index in [2.05, 4.69) is 0 Å². The smallest absolute Gasteiger partial charge is 0.229 e. The van der Waals surface area contributed by atoms with Crippen molar-refractivity contribution in [3.63, 3.8) is 0 Å². The van der Waals surface area contributed by atoms with E-state index in [1.807, 2.05) is 0 Å². The van der Waals surface area contributed by atoms with Gasteiger partial charge in [-0.3, -0.25) is 0 Å². The fourth-order valence-corrected chi connectivity index (χ4v) is 5.31. The molecule has 1 aromatic carbocycles. The molecule has 0 aliphatic carbocycles. The zero-order chi connectivity index (χ0) is 16.8. The maximum absolute atomic E-state index is 12.4. The van der Waals surface area contributed by atoms with E-state index in [4.69, 9.17) is 5.14 Å². The van der Waals surface area contributed by atoms with Crippen molar-refractivity contribution in [1.29, 1.82) is 0 Å². The predicted molar refractivity (Wildman–Crippen MR) is 79.8 cm³/mol. The lowest BCUT2D eigenvalue weighted by atomic mass is 10.4. The minimum Gasteiger partial charge on any atom is -0.229 e. The summed E-state index contributed by atoms with van der Waals surface area (Å²) in [5.74, 6) is 0. The van der Waals surface area contributed by atoms with Crippen molar-refractivity contribution in [2.75, 3.05) is 19.3 Å². The molecule has 2 N–H and O–H groups in total. The van der Waals surface area contributed by atoms with Gasteiger partial charge in [-0.15, -0.1) is 0 Å². The Bertz CT molecular complexity index is 872. The number of hydrogen-bond acceptors (Lipinski definition) is 6. The van der Waals surface area contributed by atoms with Crippen LogP contribution in [0.5, 0.6) is 0 Å². The van der Waals surface area contributed by atoms with E-state index in [-0.39, 0.29) is 29.3 Å². The first kappa shape index (κ1) is 17.3. The van der Waals surface area contributed by atoms with E-state index >= 15 is 0 Å². The van der Waals surface area contributed by atoms with Crippen molar-refractivity contribution in [2.24, 2.45) is 5.14 Å². The third kappa shape index (κ3) is 3.49. The zero-order valence-corrected chi connectivity index (χ0v) is 14.2. The number of hydrogen-bond donors (Lipinski definition) is 1. The lowest BCUT2D eigenvalue weighted by Gasteiger charge is -2.16. The first-order valence-electron chi connectivity index (χ1n) is 6.24. The van der Waals surface area contributed by atoms with Crippen LogP contribution >= 0.6 is 0 Å². The molecule has 0 saturated carbocycles. The van der Waals surface area contributed by atoms with Gasteiger partial charge in [0.1, 0.15) is 0 Å². The van der Waals surface area contributed by atoms with Crippen LogP contribution in [0.2, 0.25) is 0 Å². The van der Waals surface area contributed by atoms with Crippen LogP contribution in [-0.4, -0.2) is 54.2 Å². The van der Waals surface area contributed by atoms with Crippen molar-refractivity contribution in [2.45, 2.75) is 21.5 Å². The van der Waals surface area contributed by atoms with E-state index in [1.54, 1.807) is 0 Å². The van der Waals surface area contributed by atoms with Crippen LogP contribution < -0.4 is 5.14 Å². The first-order chi connectivity index (χ1) is 9.92. The Balaban J connectivity index is 2.29. The molecule has 0 amide bonds.